The number of ether oxygens (including phenoxy) is 4. The molecule has 6 nitrogen and oxygen atoms in total. The average Bonchev–Trinajstić information content (AvgIpc) is 2.89. The fourth-order valence-corrected chi connectivity index (χ4v) is 2.33. The molecule has 116 valence electrons. The van der Waals surface area contributed by atoms with E-state index >= 15 is 0 Å². The largest absolute Gasteiger partial charge is 0.493 e. The Morgan fingerprint density at radius 2 is 1.90 bits per heavy atom. The molecule has 21 heavy (non-hydrogen) atoms. The third-order valence-corrected chi connectivity index (χ3v) is 3.44. The lowest BCUT2D eigenvalue weighted by Crippen LogP contribution is -2.18. The van der Waals surface area contributed by atoms with Gasteiger partial charge in [0.15, 0.2) is 11.5 Å². The second-order valence-corrected chi connectivity index (χ2v) is 4.97. The number of carboxylic acid groups (broad SMARTS) is 1. The first kappa shape index (κ1) is 15.4. The number of carbonyl (C=O) groups is 1. The monoisotopic (exact) mass is 296 g/mol. The zero-order valence-corrected chi connectivity index (χ0v) is 12.4. The summed E-state index contributed by atoms with van der Waals surface area (Å²) in [5.41, 5.74) is 0.0850. The highest BCUT2D eigenvalue weighted by molar-refractivity contribution is 5.89. The second kappa shape index (κ2) is 6.67. The van der Waals surface area contributed by atoms with Gasteiger partial charge in [0.1, 0.15) is 6.61 Å². The molecule has 0 amide bonds. The molecular formula is C15H20O6. The molecule has 1 aliphatic rings. The summed E-state index contributed by atoms with van der Waals surface area (Å²) in [5, 5.41) is 9.08. The average molecular weight is 296 g/mol. The minimum absolute atomic E-state index is 0.0357. The summed E-state index contributed by atoms with van der Waals surface area (Å²) >= 11 is 0. The van der Waals surface area contributed by atoms with Gasteiger partial charge in [-0.3, -0.25) is 0 Å². The lowest BCUT2D eigenvalue weighted by molar-refractivity contribution is 0.0253. The Hall–Kier alpha value is -1.95. The third-order valence-electron chi connectivity index (χ3n) is 3.44. The Balaban J connectivity index is 2.18. The van der Waals surface area contributed by atoms with Gasteiger partial charge >= 0.3 is 5.97 Å². The third kappa shape index (κ3) is 3.58. The lowest BCUT2D eigenvalue weighted by Gasteiger charge is -2.17. The summed E-state index contributed by atoms with van der Waals surface area (Å²) in [6, 6.07) is 2.83. The van der Waals surface area contributed by atoms with Gasteiger partial charge in [0.2, 0.25) is 5.75 Å². The molecule has 6 heteroatoms. The van der Waals surface area contributed by atoms with E-state index in [1.54, 1.807) is 0 Å². The molecule has 1 aromatic carbocycles. The van der Waals surface area contributed by atoms with Gasteiger partial charge in [0, 0.05) is 0 Å². The Labute approximate surface area is 123 Å². The smallest absolute Gasteiger partial charge is 0.335 e. The molecule has 1 heterocycles. The number of benzene rings is 1. The van der Waals surface area contributed by atoms with E-state index in [4.69, 9.17) is 24.1 Å². The fourth-order valence-electron chi connectivity index (χ4n) is 2.33. The summed E-state index contributed by atoms with van der Waals surface area (Å²) in [6.45, 7) is 2.41. The molecule has 0 aliphatic carbocycles. The lowest BCUT2D eigenvalue weighted by atomic mass is 10.2. The van der Waals surface area contributed by atoms with Crippen LogP contribution in [0, 0.1) is 0 Å². The van der Waals surface area contributed by atoms with Gasteiger partial charge in [0.05, 0.1) is 32.0 Å². The normalized spacial score (nSPS) is 21.1. The van der Waals surface area contributed by atoms with Gasteiger partial charge in [-0.05, 0) is 31.9 Å². The summed E-state index contributed by atoms with van der Waals surface area (Å²) < 4.78 is 21.9. The minimum Gasteiger partial charge on any atom is -0.493 e. The molecule has 1 saturated heterocycles. The molecule has 0 bridgehead atoms. The molecule has 0 spiro atoms. The van der Waals surface area contributed by atoms with Crippen molar-refractivity contribution in [1.82, 2.24) is 0 Å². The van der Waals surface area contributed by atoms with E-state index in [-0.39, 0.29) is 17.8 Å². The van der Waals surface area contributed by atoms with E-state index < -0.39 is 5.97 Å². The highest BCUT2D eigenvalue weighted by Crippen LogP contribution is 2.39. The standard InChI is InChI=1S/C15H20O6/c1-9-4-5-11(21-9)8-20-14-12(18-2)6-10(15(16)17)7-13(14)19-3/h6-7,9,11H,4-5,8H2,1-3H3,(H,16,17). The van der Waals surface area contributed by atoms with Crippen LogP contribution in [-0.4, -0.2) is 44.1 Å². The predicted octanol–water partition coefficient (Wildman–Crippen LogP) is 2.35. The highest BCUT2D eigenvalue weighted by atomic mass is 16.6. The van der Waals surface area contributed by atoms with Crippen LogP contribution in [0.3, 0.4) is 0 Å². The molecule has 0 aromatic heterocycles. The highest BCUT2D eigenvalue weighted by Gasteiger charge is 2.24. The van der Waals surface area contributed by atoms with Crippen LogP contribution in [-0.2, 0) is 4.74 Å². The van der Waals surface area contributed by atoms with Crippen LogP contribution in [0.4, 0.5) is 0 Å². The van der Waals surface area contributed by atoms with Gasteiger partial charge in [-0.1, -0.05) is 0 Å². The maximum atomic E-state index is 11.1. The SMILES string of the molecule is COc1cc(C(=O)O)cc(OC)c1OCC1CCC(C)O1. The van der Waals surface area contributed by atoms with Crippen LogP contribution in [0.5, 0.6) is 17.2 Å². The zero-order chi connectivity index (χ0) is 15.4. The van der Waals surface area contributed by atoms with E-state index in [0.717, 1.165) is 12.8 Å². The van der Waals surface area contributed by atoms with Crippen LogP contribution in [0.1, 0.15) is 30.1 Å². The molecular weight excluding hydrogens is 276 g/mol. The molecule has 2 atom stereocenters. The topological polar surface area (TPSA) is 74.2 Å². The van der Waals surface area contributed by atoms with Crippen molar-refractivity contribution in [3.63, 3.8) is 0 Å². The Morgan fingerprint density at radius 3 is 2.33 bits per heavy atom. The van der Waals surface area contributed by atoms with Crippen molar-refractivity contribution in [2.45, 2.75) is 32.0 Å². The van der Waals surface area contributed by atoms with Crippen LogP contribution >= 0.6 is 0 Å². The fraction of sp³-hybridized carbons (Fsp3) is 0.533. The number of hydrogen-bond donors (Lipinski definition) is 1. The summed E-state index contributed by atoms with van der Waals surface area (Å²) in [4.78, 5) is 11.1. The number of methoxy groups -OCH3 is 2. The number of carboxylic acids is 1. The molecule has 1 N–H and O–H groups in total. The van der Waals surface area contributed by atoms with Crippen molar-refractivity contribution in [3.8, 4) is 17.2 Å². The van der Waals surface area contributed by atoms with Crippen LogP contribution in [0.15, 0.2) is 12.1 Å². The molecule has 2 unspecified atom stereocenters. The Bertz CT molecular complexity index is 488. The van der Waals surface area contributed by atoms with E-state index in [9.17, 15) is 4.79 Å². The van der Waals surface area contributed by atoms with E-state index in [0.29, 0.717) is 23.9 Å². The van der Waals surface area contributed by atoms with Gasteiger partial charge in [0.25, 0.3) is 0 Å². The zero-order valence-electron chi connectivity index (χ0n) is 12.4. The van der Waals surface area contributed by atoms with Crippen LogP contribution in [0.25, 0.3) is 0 Å². The van der Waals surface area contributed by atoms with Gasteiger partial charge < -0.3 is 24.1 Å². The first-order valence-corrected chi connectivity index (χ1v) is 6.82. The number of hydrogen-bond acceptors (Lipinski definition) is 5. The van der Waals surface area contributed by atoms with Gasteiger partial charge in [-0.15, -0.1) is 0 Å². The maximum Gasteiger partial charge on any atom is 0.335 e. The van der Waals surface area contributed by atoms with Crippen molar-refractivity contribution in [3.05, 3.63) is 17.7 Å². The van der Waals surface area contributed by atoms with E-state index in [1.165, 1.54) is 26.4 Å². The van der Waals surface area contributed by atoms with Crippen molar-refractivity contribution in [1.29, 1.82) is 0 Å². The molecule has 1 aliphatic heterocycles. The number of rotatable bonds is 6. The summed E-state index contributed by atoms with van der Waals surface area (Å²) in [7, 11) is 2.92. The summed E-state index contributed by atoms with van der Waals surface area (Å²) in [6.07, 6.45) is 2.24. The van der Waals surface area contributed by atoms with Gasteiger partial charge in [-0.25, -0.2) is 4.79 Å². The quantitative estimate of drug-likeness (QED) is 0.868. The van der Waals surface area contributed by atoms with Crippen molar-refractivity contribution >= 4 is 5.97 Å². The Morgan fingerprint density at radius 1 is 1.29 bits per heavy atom. The van der Waals surface area contributed by atoms with Crippen LogP contribution < -0.4 is 14.2 Å². The molecule has 0 saturated carbocycles. The molecule has 2 rings (SSSR count). The van der Waals surface area contributed by atoms with Crippen molar-refractivity contribution in [2.24, 2.45) is 0 Å². The molecule has 0 radical (unpaired) electrons. The first-order valence-electron chi connectivity index (χ1n) is 6.82. The minimum atomic E-state index is -1.05. The second-order valence-electron chi connectivity index (χ2n) is 4.97. The predicted molar refractivity (Wildman–Crippen MR) is 75.6 cm³/mol. The Kier molecular flexibility index (Phi) is 4.90. The summed E-state index contributed by atoms with van der Waals surface area (Å²) in [5.74, 6) is 0.00912. The molecule has 1 aromatic rings. The number of aromatic carboxylic acids is 1. The van der Waals surface area contributed by atoms with Crippen molar-refractivity contribution in [2.75, 3.05) is 20.8 Å². The first-order chi connectivity index (χ1) is 10.0. The van der Waals surface area contributed by atoms with E-state index in [1.807, 2.05) is 6.92 Å². The van der Waals surface area contributed by atoms with E-state index in [2.05, 4.69) is 0 Å². The van der Waals surface area contributed by atoms with Crippen LogP contribution in [0.2, 0.25) is 0 Å². The molecule has 1 fully saturated rings. The van der Waals surface area contributed by atoms with Crippen molar-refractivity contribution < 1.29 is 28.8 Å². The van der Waals surface area contributed by atoms with Gasteiger partial charge in [-0.2, -0.15) is 0 Å². The maximum absolute atomic E-state index is 11.1.